The second kappa shape index (κ2) is 8.25. The van der Waals surface area contributed by atoms with E-state index in [1.165, 1.54) is 28.9 Å². The molecule has 0 radical (unpaired) electrons. The van der Waals surface area contributed by atoms with Gasteiger partial charge in [0, 0.05) is 23.4 Å². The highest BCUT2D eigenvalue weighted by Gasteiger charge is 2.37. The van der Waals surface area contributed by atoms with Gasteiger partial charge in [-0.05, 0) is 42.0 Å². The first-order chi connectivity index (χ1) is 14.5. The highest BCUT2D eigenvalue weighted by molar-refractivity contribution is 6.30. The highest BCUT2D eigenvalue weighted by Crippen LogP contribution is 2.39. The molecule has 3 aromatic rings. The Balaban J connectivity index is 1.62. The second-order valence-electron chi connectivity index (χ2n) is 6.82. The molecule has 0 spiro atoms. The highest BCUT2D eigenvalue weighted by atomic mass is 35.5. The monoisotopic (exact) mass is 428 g/mol. The first kappa shape index (κ1) is 20.1. The van der Waals surface area contributed by atoms with Crippen LogP contribution >= 0.6 is 11.6 Å². The summed E-state index contributed by atoms with van der Waals surface area (Å²) in [7, 11) is 1.55. The maximum Gasteiger partial charge on any atom is 0.251 e. The molecule has 9 heteroatoms. The first-order valence-electron chi connectivity index (χ1n) is 9.19. The molecule has 154 valence electrons. The van der Waals surface area contributed by atoms with Gasteiger partial charge in [-0.15, -0.1) is 0 Å². The zero-order valence-corrected chi connectivity index (χ0v) is 16.7. The van der Waals surface area contributed by atoms with E-state index in [2.05, 4.69) is 15.7 Å². The van der Waals surface area contributed by atoms with Gasteiger partial charge in [0.05, 0.1) is 18.7 Å². The number of halogens is 2. The van der Waals surface area contributed by atoms with Crippen LogP contribution in [0.15, 0.2) is 48.5 Å². The number of amides is 2. The fourth-order valence-electron chi connectivity index (χ4n) is 3.42. The largest absolute Gasteiger partial charge is 0.378 e. The van der Waals surface area contributed by atoms with Gasteiger partial charge in [0.25, 0.3) is 5.91 Å². The molecule has 0 saturated carbocycles. The molecule has 1 aliphatic rings. The fraction of sp³-hybridized carbons (Fsp3) is 0.190. The van der Waals surface area contributed by atoms with Gasteiger partial charge in [0.15, 0.2) is 0 Å². The van der Waals surface area contributed by atoms with Gasteiger partial charge < -0.3 is 15.4 Å². The molecule has 1 unspecified atom stereocenters. The van der Waals surface area contributed by atoms with Crippen molar-refractivity contribution >= 4 is 34.9 Å². The number of carbonyl (C=O) groups is 2. The summed E-state index contributed by atoms with van der Waals surface area (Å²) in [4.78, 5) is 25.1. The van der Waals surface area contributed by atoms with Crippen molar-refractivity contribution in [1.29, 1.82) is 0 Å². The molecule has 1 aromatic heterocycles. The van der Waals surface area contributed by atoms with Crippen LogP contribution in [0.4, 0.5) is 15.9 Å². The molecule has 1 atom stereocenters. The van der Waals surface area contributed by atoms with Gasteiger partial charge in [-0.3, -0.25) is 9.59 Å². The summed E-state index contributed by atoms with van der Waals surface area (Å²) >= 11 is 6.13. The lowest BCUT2D eigenvalue weighted by molar-refractivity contribution is -0.123. The maximum absolute atomic E-state index is 13.0. The summed E-state index contributed by atoms with van der Waals surface area (Å²) in [5.41, 5.74) is 2.56. The van der Waals surface area contributed by atoms with Gasteiger partial charge >= 0.3 is 0 Å². The third-order valence-electron chi connectivity index (χ3n) is 4.72. The summed E-state index contributed by atoms with van der Waals surface area (Å²) < 4.78 is 19.8. The molecule has 30 heavy (non-hydrogen) atoms. The number of hydrogen-bond acceptors (Lipinski definition) is 4. The van der Waals surface area contributed by atoms with Crippen LogP contribution in [0.5, 0.6) is 0 Å². The Kier molecular flexibility index (Phi) is 5.52. The van der Waals surface area contributed by atoms with Gasteiger partial charge in [-0.2, -0.15) is 5.10 Å². The Hall–Kier alpha value is -3.23. The number of benzene rings is 2. The van der Waals surface area contributed by atoms with Crippen molar-refractivity contribution in [2.24, 2.45) is 0 Å². The summed E-state index contributed by atoms with van der Waals surface area (Å²) in [6.45, 7) is 0.228. The standard InChI is InChI=1S/C21H18ClFN4O3/c1-30-11-16-19(12-3-2-4-13(22)9-12)20-25-21(29)17(27(20)26-16)10-18(28)24-15-7-5-14(23)6-8-15/h2-9,17H,10-11H2,1H3,(H,24,28)(H,25,29). The van der Waals surface area contributed by atoms with E-state index >= 15 is 0 Å². The van der Waals surface area contributed by atoms with Crippen molar-refractivity contribution < 1.29 is 18.7 Å². The van der Waals surface area contributed by atoms with E-state index in [0.717, 1.165) is 5.56 Å². The van der Waals surface area contributed by atoms with Crippen molar-refractivity contribution in [2.45, 2.75) is 19.1 Å². The molecule has 0 aliphatic carbocycles. The van der Waals surface area contributed by atoms with Crippen LogP contribution in [0.3, 0.4) is 0 Å². The van der Waals surface area contributed by atoms with Gasteiger partial charge in [0.2, 0.25) is 5.91 Å². The van der Waals surface area contributed by atoms with Crippen LogP contribution in [-0.4, -0.2) is 28.7 Å². The minimum atomic E-state index is -0.816. The lowest BCUT2D eigenvalue weighted by Crippen LogP contribution is -2.24. The summed E-state index contributed by atoms with van der Waals surface area (Å²) in [6.07, 6.45) is -0.126. The third kappa shape index (κ3) is 3.92. The van der Waals surface area contributed by atoms with Gasteiger partial charge in [0.1, 0.15) is 17.7 Å². The van der Waals surface area contributed by atoms with E-state index in [1.807, 2.05) is 12.1 Å². The minimum Gasteiger partial charge on any atom is -0.378 e. The molecule has 2 heterocycles. The van der Waals surface area contributed by atoms with E-state index in [0.29, 0.717) is 27.8 Å². The predicted molar refractivity (Wildman–Crippen MR) is 111 cm³/mol. The molecule has 0 fully saturated rings. The maximum atomic E-state index is 13.0. The van der Waals surface area contributed by atoms with E-state index < -0.39 is 11.9 Å². The van der Waals surface area contributed by atoms with Crippen LogP contribution in [0, 0.1) is 5.82 Å². The molecular weight excluding hydrogens is 411 g/mol. The zero-order valence-electron chi connectivity index (χ0n) is 16.0. The summed E-state index contributed by atoms with van der Waals surface area (Å²) in [5.74, 6) is -0.626. The summed E-state index contributed by atoms with van der Waals surface area (Å²) in [6, 6.07) is 11.8. The van der Waals surface area contributed by atoms with Crippen LogP contribution in [0.2, 0.25) is 5.02 Å². The fourth-order valence-corrected chi connectivity index (χ4v) is 3.61. The smallest absolute Gasteiger partial charge is 0.251 e. The normalized spacial score (nSPS) is 15.0. The molecule has 2 aromatic carbocycles. The third-order valence-corrected chi connectivity index (χ3v) is 4.96. The van der Waals surface area contributed by atoms with E-state index in [1.54, 1.807) is 19.2 Å². The Morgan fingerprint density at radius 3 is 2.77 bits per heavy atom. The average Bonchev–Trinajstić information content (AvgIpc) is 3.19. The Morgan fingerprint density at radius 1 is 1.30 bits per heavy atom. The van der Waals surface area contributed by atoms with Gasteiger partial charge in [-0.25, -0.2) is 9.07 Å². The molecule has 7 nitrogen and oxygen atoms in total. The quantitative estimate of drug-likeness (QED) is 0.621. The lowest BCUT2D eigenvalue weighted by atomic mass is 10.1. The molecule has 4 rings (SSSR count). The molecule has 0 bridgehead atoms. The molecule has 0 saturated heterocycles. The van der Waals surface area contributed by atoms with Crippen molar-refractivity contribution in [3.63, 3.8) is 0 Å². The molecule has 1 aliphatic heterocycles. The first-order valence-corrected chi connectivity index (χ1v) is 9.56. The van der Waals surface area contributed by atoms with Gasteiger partial charge in [-0.1, -0.05) is 23.7 Å². The summed E-state index contributed by atoms with van der Waals surface area (Å²) in [5, 5.41) is 10.6. The van der Waals surface area contributed by atoms with Crippen LogP contribution < -0.4 is 10.6 Å². The lowest BCUT2D eigenvalue weighted by Gasteiger charge is -2.10. The number of aromatic nitrogens is 2. The number of hydrogen-bond donors (Lipinski definition) is 2. The zero-order chi connectivity index (χ0) is 21.3. The van der Waals surface area contributed by atoms with Crippen molar-refractivity contribution in [2.75, 3.05) is 17.7 Å². The predicted octanol–water partition coefficient (Wildman–Crippen LogP) is 4.01. The van der Waals surface area contributed by atoms with Crippen LogP contribution in [0.1, 0.15) is 18.2 Å². The number of anilines is 2. The number of nitrogens with zero attached hydrogens (tertiary/aromatic N) is 2. The topological polar surface area (TPSA) is 85.2 Å². The molecule has 2 amide bonds. The van der Waals surface area contributed by atoms with Crippen LogP contribution in [0.25, 0.3) is 11.1 Å². The number of rotatable bonds is 6. The molecular formula is C21H18ClFN4O3. The van der Waals surface area contributed by atoms with Crippen molar-refractivity contribution in [1.82, 2.24) is 9.78 Å². The number of ether oxygens (including phenoxy) is 1. The van der Waals surface area contributed by atoms with E-state index in [9.17, 15) is 14.0 Å². The van der Waals surface area contributed by atoms with Crippen LogP contribution in [-0.2, 0) is 20.9 Å². The number of nitrogens with one attached hydrogen (secondary N) is 2. The number of methoxy groups -OCH3 is 1. The molecule has 2 N–H and O–H groups in total. The Morgan fingerprint density at radius 2 is 2.07 bits per heavy atom. The SMILES string of the molecule is COCc1nn2c(c1-c1cccc(Cl)c1)NC(=O)C2CC(=O)Nc1ccc(F)cc1. The average molecular weight is 429 g/mol. The van der Waals surface area contributed by atoms with E-state index in [-0.39, 0.29) is 24.8 Å². The number of carbonyl (C=O) groups excluding carboxylic acids is 2. The van der Waals surface area contributed by atoms with Crippen molar-refractivity contribution in [3.05, 3.63) is 65.1 Å². The van der Waals surface area contributed by atoms with Crippen molar-refractivity contribution in [3.8, 4) is 11.1 Å². The number of fused-ring (bicyclic) bond motifs is 1. The Labute approximate surface area is 176 Å². The Bertz CT molecular complexity index is 1110. The minimum absolute atomic E-state index is 0.126. The second-order valence-corrected chi connectivity index (χ2v) is 7.26. The van der Waals surface area contributed by atoms with E-state index in [4.69, 9.17) is 16.3 Å².